The highest BCUT2D eigenvalue weighted by atomic mass is 16.2. The summed E-state index contributed by atoms with van der Waals surface area (Å²) in [6.45, 7) is 10.1. The van der Waals surface area contributed by atoms with E-state index < -0.39 is 59.0 Å². The molecule has 0 radical (unpaired) electrons. The highest BCUT2D eigenvalue weighted by Crippen LogP contribution is 2.65. The minimum atomic E-state index is -1.00. The van der Waals surface area contributed by atoms with Crippen LogP contribution in [0.4, 0.5) is 0 Å². The van der Waals surface area contributed by atoms with E-state index in [2.05, 4.69) is 45.1 Å². The summed E-state index contributed by atoms with van der Waals surface area (Å²) in [6.07, 6.45) is 13.7. The smallest absolute Gasteiger partial charge is 0.289 e. The van der Waals surface area contributed by atoms with Crippen LogP contribution in [0, 0.1) is 34.5 Å². The fraction of sp³-hybridized carbons (Fsp3) is 0.737. The SMILES string of the molecule is CC(C)(C)[C@H](NC(=O)[C@@H](NC(=O)c1cnccn1)C1CCCCC1)C(=O)N1C[C@H]2[C@@H]([C@H]1C(=O)NC(CC1CCC1)C(=O)C(=O)NC1CC1)C2(C)C. The third kappa shape index (κ3) is 8.12. The van der Waals surface area contributed by atoms with Crippen molar-refractivity contribution >= 4 is 35.3 Å². The van der Waals surface area contributed by atoms with Gasteiger partial charge in [0.1, 0.15) is 23.8 Å². The van der Waals surface area contributed by atoms with Crippen molar-refractivity contribution in [3.8, 4) is 0 Å². The van der Waals surface area contributed by atoms with Crippen LogP contribution < -0.4 is 21.3 Å². The summed E-state index contributed by atoms with van der Waals surface area (Å²) < 4.78 is 0. The van der Waals surface area contributed by atoms with Crippen LogP contribution in [0.3, 0.4) is 0 Å². The molecular formula is C38H55N7O6. The van der Waals surface area contributed by atoms with E-state index in [4.69, 9.17) is 0 Å². The fourth-order valence-electron chi connectivity index (χ4n) is 8.55. The zero-order chi connectivity index (χ0) is 36.7. The number of nitrogens with one attached hydrogen (secondary N) is 4. The number of hydrogen-bond acceptors (Lipinski definition) is 8. The summed E-state index contributed by atoms with van der Waals surface area (Å²) >= 11 is 0. The van der Waals surface area contributed by atoms with Gasteiger partial charge in [-0.1, -0.05) is 73.1 Å². The number of Topliss-reactive ketones (excluding diaryl/α,β-unsaturated/α-hetero) is 1. The van der Waals surface area contributed by atoms with Crippen LogP contribution in [-0.2, 0) is 24.0 Å². The van der Waals surface area contributed by atoms with Gasteiger partial charge in [-0.05, 0) is 66.6 Å². The van der Waals surface area contributed by atoms with E-state index in [0.29, 0.717) is 13.0 Å². The van der Waals surface area contributed by atoms with Crippen molar-refractivity contribution in [1.29, 1.82) is 0 Å². The predicted molar refractivity (Wildman–Crippen MR) is 188 cm³/mol. The number of amides is 5. The number of rotatable bonds is 13. The van der Waals surface area contributed by atoms with Crippen LogP contribution in [0.2, 0.25) is 0 Å². The number of carbonyl (C=O) groups is 6. The number of likely N-dealkylation sites (tertiary alicyclic amines) is 1. The lowest BCUT2D eigenvalue weighted by atomic mass is 9.80. The molecular weight excluding hydrogens is 650 g/mol. The Morgan fingerprint density at radius 1 is 0.902 bits per heavy atom. The first-order chi connectivity index (χ1) is 24.2. The molecule has 1 aliphatic heterocycles. The first kappa shape index (κ1) is 36.9. The monoisotopic (exact) mass is 705 g/mol. The van der Waals surface area contributed by atoms with E-state index in [1.54, 1.807) is 4.90 Å². The largest absolute Gasteiger partial charge is 0.347 e. The van der Waals surface area contributed by atoms with Gasteiger partial charge in [-0.3, -0.25) is 33.8 Å². The maximum Gasteiger partial charge on any atom is 0.289 e. The van der Waals surface area contributed by atoms with Crippen molar-refractivity contribution < 1.29 is 28.8 Å². The van der Waals surface area contributed by atoms with Crippen LogP contribution >= 0.6 is 0 Å². The molecule has 4 saturated carbocycles. The summed E-state index contributed by atoms with van der Waals surface area (Å²) in [7, 11) is 0. The van der Waals surface area contributed by atoms with Gasteiger partial charge in [0.25, 0.3) is 11.8 Å². The summed E-state index contributed by atoms with van der Waals surface area (Å²) in [4.78, 5) is 92.2. The lowest BCUT2D eigenvalue weighted by molar-refractivity contribution is -0.147. The Labute approximate surface area is 300 Å². The van der Waals surface area contributed by atoms with Crippen LogP contribution in [0.25, 0.3) is 0 Å². The number of carbonyl (C=O) groups excluding carboxylic acids is 6. The zero-order valence-electron chi connectivity index (χ0n) is 30.7. The van der Waals surface area contributed by atoms with Gasteiger partial charge in [-0.2, -0.15) is 0 Å². The molecule has 5 aliphatic rings. The molecule has 51 heavy (non-hydrogen) atoms. The quantitative estimate of drug-likeness (QED) is 0.226. The van der Waals surface area contributed by atoms with Gasteiger partial charge in [0.15, 0.2) is 0 Å². The van der Waals surface area contributed by atoms with Gasteiger partial charge >= 0.3 is 0 Å². The van der Waals surface area contributed by atoms with E-state index >= 15 is 0 Å². The standard InChI is InChI=1S/C38H55N7O6/c1-37(2,3)31(44-33(48)28(22-12-7-6-8-13-22)43-32(47)26-19-39-16-17-40-26)36(51)45-20-24-27(38(24,4)5)29(45)34(49)42-25(18-21-10-9-11-21)30(46)35(50)41-23-14-15-23/h16-17,19,21-25,27-29,31H,6-15,18,20H2,1-5H3,(H,41,50)(H,42,49)(H,43,47)(H,44,48)/t24-,25?,27-,28-,29-,31+/m0/s1. The van der Waals surface area contributed by atoms with Crippen molar-refractivity contribution in [2.24, 2.45) is 34.5 Å². The molecule has 1 aromatic rings. The number of aromatic nitrogens is 2. The van der Waals surface area contributed by atoms with Crippen molar-refractivity contribution in [1.82, 2.24) is 36.1 Å². The van der Waals surface area contributed by atoms with E-state index in [1.165, 1.54) is 18.6 Å². The lowest BCUT2D eigenvalue weighted by Gasteiger charge is -2.39. The molecule has 6 atom stereocenters. The fourth-order valence-corrected chi connectivity index (χ4v) is 8.55. The maximum absolute atomic E-state index is 14.6. The van der Waals surface area contributed by atoms with Crippen LogP contribution in [0.1, 0.15) is 116 Å². The second-order valence-corrected chi connectivity index (χ2v) is 17.3. The second-order valence-electron chi connectivity index (χ2n) is 17.3. The topological polar surface area (TPSA) is 180 Å². The van der Waals surface area contributed by atoms with Gasteiger partial charge in [-0.25, -0.2) is 4.98 Å². The number of hydrogen-bond donors (Lipinski definition) is 4. The highest BCUT2D eigenvalue weighted by molar-refractivity contribution is 6.38. The van der Waals surface area contributed by atoms with E-state index in [0.717, 1.165) is 64.2 Å². The van der Waals surface area contributed by atoms with Gasteiger partial charge in [-0.15, -0.1) is 0 Å². The maximum atomic E-state index is 14.6. The Hall–Kier alpha value is -3.90. The van der Waals surface area contributed by atoms with Crippen LogP contribution in [0.15, 0.2) is 18.6 Å². The number of nitrogens with zero attached hydrogens (tertiary/aromatic N) is 3. The molecule has 4 N–H and O–H groups in total. The van der Waals surface area contributed by atoms with Gasteiger partial charge in [0.2, 0.25) is 23.5 Å². The third-order valence-electron chi connectivity index (χ3n) is 12.2. The molecule has 1 saturated heterocycles. The van der Waals surface area contributed by atoms with Crippen molar-refractivity contribution in [2.75, 3.05) is 6.54 Å². The molecule has 1 aromatic heterocycles. The molecule has 4 aliphatic carbocycles. The Morgan fingerprint density at radius 2 is 1.61 bits per heavy atom. The lowest BCUT2D eigenvalue weighted by Crippen LogP contribution is -2.63. The molecule has 0 aromatic carbocycles. The minimum Gasteiger partial charge on any atom is -0.347 e. The molecule has 6 rings (SSSR count). The average molecular weight is 706 g/mol. The normalized spacial score (nSPS) is 26.1. The third-order valence-corrected chi connectivity index (χ3v) is 12.2. The molecule has 13 nitrogen and oxygen atoms in total. The molecule has 0 spiro atoms. The summed E-state index contributed by atoms with van der Waals surface area (Å²) in [5.74, 6) is -2.99. The predicted octanol–water partition coefficient (Wildman–Crippen LogP) is 2.69. The number of piperidine rings is 1. The molecule has 1 unspecified atom stereocenters. The Morgan fingerprint density at radius 3 is 2.20 bits per heavy atom. The van der Waals surface area contributed by atoms with Gasteiger partial charge in [0, 0.05) is 25.0 Å². The molecule has 278 valence electrons. The summed E-state index contributed by atoms with van der Waals surface area (Å²) in [5, 5.41) is 11.6. The Balaban J connectivity index is 1.21. The molecule has 5 fully saturated rings. The Kier molecular flexibility index (Phi) is 10.6. The average Bonchev–Trinajstić information content (AvgIpc) is 3.93. The van der Waals surface area contributed by atoms with Crippen LogP contribution in [-0.4, -0.2) is 86.9 Å². The van der Waals surface area contributed by atoms with E-state index in [1.807, 2.05) is 20.8 Å². The van der Waals surface area contributed by atoms with Gasteiger partial charge < -0.3 is 26.2 Å². The Bertz CT molecular complexity index is 1510. The van der Waals surface area contributed by atoms with E-state index in [-0.39, 0.29) is 46.7 Å². The first-order valence-electron chi connectivity index (χ1n) is 19.0. The van der Waals surface area contributed by atoms with E-state index in [9.17, 15) is 28.8 Å². The summed E-state index contributed by atoms with van der Waals surface area (Å²) in [5.41, 5.74) is -0.833. The summed E-state index contributed by atoms with van der Waals surface area (Å²) in [6, 6.07) is -3.70. The minimum absolute atomic E-state index is 0.0139. The second kappa shape index (κ2) is 14.6. The van der Waals surface area contributed by atoms with Crippen molar-refractivity contribution in [2.45, 2.75) is 135 Å². The van der Waals surface area contributed by atoms with Gasteiger partial charge in [0.05, 0.1) is 12.2 Å². The first-order valence-corrected chi connectivity index (χ1v) is 19.0. The number of fused-ring (bicyclic) bond motifs is 1. The molecule has 0 bridgehead atoms. The van der Waals surface area contributed by atoms with Crippen LogP contribution in [0.5, 0.6) is 0 Å². The van der Waals surface area contributed by atoms with Crippen molar-refractivity contribution in [3.05, 3.63) is 24.3 Å². The molecule has 13 heteroatoms. The highest BCUT2D eigenvalue weighted by Gasteiger charge is 2.70. The van der Waals surface area contributed by atoms with Crippen molar-refractivity contribution in [3.63, 3.8) is 0 Å². The zero-order valence-corrected chi connectivity index (χ0v) is 30.7. The molecule has 5 amide bonds. The number of ketones is 1. The molecule has 2 heterocycles.